The van der Waals surface area contributed by atoms with E-state index in [1.54, 1.807) is 17.0 Å². The van der Waals surface area contributed by atoms with Crippen molar-refractivity contribution in [1.82, 2.24) is 44.6 Å². The van der Waals surface area contributed by atoms with Crippen LogP contribution in [0.1, 0.15) is 22.5 Å². The van der Waals surface area contributed by atoms with E-state index in [4.69, 9.17) is 21.5 Å². The number of benzene rings is 1. The molecule has 2 fully saturated rings. The summed E-state index contributed by atoms with van der Waals surface area (Å²) in [5.74, 6) is -0.117. The summed E-state index contributed by atoms with van der Waals surface area (Å²) in [5.41, 5.74) is -0.886. The van der Waals surface area contributed by atoms with Gasteiger partial charge in [0.25, 0.3) is 18.8 Å². The standard InChI is InChI=1S/C29H30ClF5N10O2.CH2O2/c30-21-11-17(1-2-19(21)28(47)43-9-7-42(8-10-43)16-24(46)39-18-3-4-36-12-18)40-26-27-38-13-22(45(27)6-5-37-26)20-14-44(15-23(31)32)41-25(20)29(33,34)35;2-1-3/h1-2,5-6,11,13-14,18,23,36H,3-4,7-10,12,15-16H2,(H,37,40)(H,39,46);1H,(H,2,3). The predicted molar refractivity (Wildman–Crippen MR) is 170 cm³/mol. The molecule has 2 aliphatic heterocycles. The highest BCUT2D eigenvalue weighted by Crippen LogP contribution is 2.37. The van der Waals surface area contributed by atoms with Gasteiger partial charge in [0.05, 0.1) is 34.6 Å². The lowest BCUT2D eigenvalue weighted by molar-refractivity contribution is -0.141. The zero-order valence-corrected chi connectivity index (χ0v) is 27.0. The van der Waals surface area contributed by atoms with Crippen molar-refractivity contribution in [2.24, 2.45) is 0 Å². The molecule has 6 rings (SSSR count). The fourth-order valence-electron chi connectivity index (χ4n) is 5.70. The summed E-state index contributed by atoms with van der Waals surface area (Å²) in [6.07, 6.45) is -2.07. The number of fused-ring (bicyclic) bond motifs is 1. The molecule has 2 amide bonds. The van der Waals surface area contributed by atoms with Gasteiger partial charge in [-0.3, -0.25) is 28.4 Å². The topological polar surface area (TPSA) is 162 Å². The number of carbonyl (C=O) groups is 3. The fourth-order valence-corrected chi connectivity index (χ4v) is 5.96. The summed E-state index contributed by atoms with van der Waals surface area (Å²) >= 11 is 6.52. The van der Waals surface area contributed by atoms with Gasteiger partial charge in [0.2, 0.25) is 5.91 Å². The lowest BCUT2D eigenvalue weighted by Crippen LogP contribution is -2.52. The molecule has 2 saturated heterocycles. The first-order valence-corrected chi connectivity index (χ1v) is 15.7. The van der Waals surface area contributed by atoms with E-state index in [1.165, 1.54) is 29.1 Å². The number of carbonyl (C=O) groups excluding carboxylic acids is 2. The van der Waals surface area contributed by atoms with Gasteiger partial charge in [0, 0.05) is 63.0 Å². The minimum absolute atomic E-state index is 0.0240. The molecule has 0 spiro atoms. The third-order valence-corrected chi connectivity index (χ3v) is 8.29. The van der Waals surface area contributed by atoms with Crippen LogP contribution in [0.5, 0.6) is 0 Å². The van der Waals surface area contributed by atoms with Crippen molar-refractivity contribution < 1.29 is 41.4 Å². The van der Waals surface area contributed by atoms with Crippen molar-refractivity contribution in [3.63, 3.8) is 0 Å². The van der Waals surface area contributed by atoms with Crippen LogP contribution in [0.15, 0.2) is 43.0 Å². The summed E-state index contributed by atoms with van der Waals surface area (Å²) in [4.78, 5) is 46.2. The average molecular weight is 727 g/mol. The third kappa shape index (κ3) is 8.64. The number of rotatable bonds is 9. The normalized spacial score (nSPS) is 16.7. The maximum absolute atomic E-state index is 13.8. The summed E-state index contributed by atoms with van der Waals surface area (Å²) in [6.45, 7) is 2.62. The zero-order valence-electron chi connectivity index (χ0n) is 26.2. The Kier molecular flexibility index (Phi) is 11.5. The van der Waals surface area contributed by atoms with Crippen LogP contribution in [0.25, 0.3) is 16.9 Å². The fraction of sp³-hybridized carbons (Fsp3) is 0.400. The highest BCUT2D eigenvalue weighted by Gasteiger charge is 2.38. The second-order valence-corrected chi connectivity index (χ2v) is 11.8. The number of amides is 2. The number of anilines is 2. The van der Waals surface area contributed by atoms with Crippen molar-refractivity contribution >= 4 is 47.0 Å². The Morgan fingerprint density at radius 3 is 2.54 bits per heavy atom. The molecule has 20 heteroatoms. The molecular weight excluding hydrogens is 695 g/mol. The van der Waals surface area contributed by atoms with Crippen molar-refractivity contribution in [3.05, 3.63) is 59.3 Å². The highest BCUT2D eigenvalue weighted by atomic mass is 35.5. The Hall–Kier alpha value is -4.88. The number of nitrogens with zero attached hydrogens (tertiary/aromatic N) is 7. The summed E-state index contributed by atoms with van der Waals surface area (Å²) in [6, 6.07) is 4.85. The first-order chi connectivity index (χ1) is 23.9. The molecule has 1 aromatic carbocycles. The number of imidazole rings is 1. The van der Waals surface area contributed by atoms with E-state index in [0.717, 1.165) is 25.7 Å². The number of alkyl halides is 5. The molecular formula is C30H32ClF5N10O4. The molecule has 14 nitrogen and oxygen atoms in total. The lowest BCUT2D eigenvalue weighted by atomic mass is 10.1. The zero-order chi connectivity index (χ0) is 36.0. The largest absolute Gasteiger partial charge is 0.483 e. The van der Waals surface area contributed by atoms with Crippen LogP contribution in [0.2, 0.25) is 5.02 Å². The van der Waals surface area contributed by atoms with Crippen LogP contribution >= 0.6 is 11.6 Å². The van der Waals surface area contributed by atoms with E-state index in [1.807, 2.05) is 4.90 Å². The van der Waals surface area contributed by atoms with Crippen molar-refractivity contribution in [2.45, 2.75) is 31.6 Å². The minimum atomic E-state index is -4.90. The van der Waals surface area contributed by atoms with Crippen LogP contribution in [0, 0.1) is 0 Å². The molecule has 1 atom stereocenters. The second-order valence-electron chi connectivity index (χ2n) is 11.4. The predicted octanol–water partition coefficient (Wildman–Crippen LogP) is 3.21. The Balaban J connectivity index is 0.00000156. The molecule has 0 radical (unpaired) electrons. The monoisotopic (exact) mass is 726 g/mol. The van der Waals surface area contributed by atoms with Crippen LogP contribution in [0.4, 0.5) is 33.5 Å². The molecule has 3 aromatic heterocycles. The summed E-state index contributed by atoms with van der Waals surface area (Å²) < 4.78 is 68.9. The third-order valence-electron chi connectivity index (χ3n) is 7.97. The Morgan fingerprint density at radius 2 is 1.90 bits per heavy atom. The Morgan fingerprint density at radius 1 is 1.16 bits per heavy atom. The van der Waals surface area contributed by atoms with Crippen LogP contribution < -0.4 is 16.0 Å². The highest BCUT2D eigenvalue weighted by molar-refractivity contribution is 6.34. The number of nitrogens with one attached hydrogen (secondary N) is 3. The van der Waals surface area contributed by atoms with Gasteiger partial charge in [-0.1, -0.05) is 11.6 Å². The van der Waals surface area contributed by atoms with E-state index in [2.05, 4.69) is 31.0 Å². The molecule has 4 N–H and O–H groups in total. The van der Waals surface area contributed by atoms with Crippen LogP contribution in [-0.2, 0) is 22.3 Å². The minimum Gasteiger partial charge on any atom is -0.483 e. The van der Waals surface area contributed by atoms with Gasteiger partial charge in [-0.05, 0) is 31.2 Å². The van der Waals surface area contributed by atoms with E-state index < -0.39 is 30.4 Å². The number of hydrogen-bond donors (Lipinski definition) is 4. The van der Waals surface area contributed by atoms with E-state index >= 15 is 0 Å². The van der Waals surface area contributed by atoms with Crippen LogP contribution in [0.3, 0.4) is 0 Å². The maximum Gasteiger partial charge on any atom is 0.435 e. The second kappa shape index (κ2) is 15.8. The Labute approximate surface area is 286 Å². The molecule has 0 saturated carbocycles. The smallest absolute Gasteiger partial charge is 0.435 e. The van der Waals surface area contributed by atoms with E-state index in [-0.39, 0.29) is 58.6 Å². The number of piperazine rings is 1. The van der Waals surface area contributed by atoms with Crippen molar-refractivity contribution in [3.8, 4) is 11.3 Å². The van der Waals surface area contributed by atoms with Crippen LogP contribution in [-0.4, -0.2) is 116 Å². The Bertz CT molecular complexity index is 1820. The molecule has 1 unspecified atom stereocenters. The quantitative estimate of drug-likeness (QED) is 0.149. The molecule has 50 heavy (non-hydrogen) atoms. The molecule has 0 aliphatic carbocycles. The first-order valence-electron chi connectivity index (χ1n) is 15.3. The van der Waals surface area contributed by atoms with E-state index in [0.29, 0.717) is 36.5 Å². The molecule has 0 bridgehead atoms. The van der Waals surface area contributed by atoms with Gasteiger partial charge in [0.15, 0.2) is 17.2 Å². The summed E-state index contributed by atoms with van der Waals surface area (Å²) in [7, 11) is 0. The van der Waals surface area contributed by atoms with Gasteiger partial charge >= 0.3 is 6.18 Å². The molecule has 4 aromatic rings. The van der Waals surface area contributed by atoms with Gasteiger partial charge in [-0.25, -0.2) is 18.7 Å². The maximum atomic E-state index is 13.8. The molecule has 268 valence electrons. The first kappa shape index (κ1) is 36.4. The molecule has 5 heterocycles. The van der Waals surface area contributed by atoms with Gasteiger partial charge in [-0.15, -0.1) is 0 Å². The number of aromatic nitrogens is 5. The van der Waals surface area contributed by atoms with Gasteiger partial charge in [0.1, 0.15) is 6.54 Å². The SMILES string of the molecule is O=C(CN1CCN(C(=O)c2ccc(Nc3nccn4c(-c5cn(CC(F)F)nc5C(F)(F)F)cnc34)cc2Cl)CC1)NC1CCNC1.O=CO. The lowest BCUT2D eigenvalue weighted by Gasteiger charge is -2.34. The number of halogens is 6. The van der Waals surface area contributed by atoms with Crippen molar-refractivity contribution in [1.29, 1.82) is 0 Å². The number of carboxylic acid groups (broad SMARTS) is 1. The average Bonchev–Trinajstić information content (AvgIpc) is 3.82. The molecule has 2 aliphatic rings. The number of hydrogen-bond acceptors (Lipinski definition) is 9. The van der Waals surface area contributed by atoms with E-state index in [9.17, 15) is 31.5 Å². The van der Waals surface area contributed by atoms with Crippen molar-refractivity contribution in [2.75, 3.05) is 51.1 Å². The summed E-state index contributed by atoms with van der Waals surface area (Å²) in [5, 5.41) is 19.7. The van der Waals surface area contributed by atoms with Gasteiger partial charge in [-0.2, -0.15) is 18.3 Å². The van der Waals surface area contributed by atoms with Gasteiger partial charge < -0.3 is 26.0 Å².